The Morgan fingerprint density at radius 3 is 2.86 bits per heavy atom. The largest absolute Gasteiger partial charge is 0.360 e. The van der Waals surface area contributed by atoms with E-state index in [2.05, 4.69) is 26.0 Å². The molecule has 1 fully saturated rings. The van der Waals surface area contributed by atoms with Crippen molar-refractivity contribution in [1.82, 2.24) is 25.4 Å². The minimum absolute atomic E-state index is 0.00502. The molecular formula is C20H24N6O2. The van der Waals surface area contributed by atoms with Gasteiger partial charge in [-0.1, -0.05) is 25.1 Å². The summed E-state index contributed by atoms with van der Waals surface area (Å²) in [7, 11) is 0. The Morgan fingerprint density at radius 1 is 1.32 bits per heavy atom. The number of nitrogens with one attached hydrogen (secondary N) is 4. The molecule has 0 bridgehead atoms. The number of benzene rings is 1. The number of carbonyl (C=O) groups is 2. The van der Waals surface area contributed by atoms with Gasteiger partial charge in [0.1, 0.15) is 5.82 Å². The molecule has 4 N–H and O–H groups in total. The lowest BCUT2D eigenvalue weighted by Gasteiger charge is -2.35. The molecule has 1 aliphatic rings. The summed E-state index contributed by atoms with van der Waals surface area (Å²) in [5.74, 6) is 0.186. The van der Waals surface area contributed by atoms with Gasteiger partial charge in [0.2, 0.25) is 5.91 Å². The van der Waals surface area contributed by atoms with Gasteiger partial charge in [0.05, 0.1) is 17.2 Å². The third kappa shape index (κ3) is 3.16. The average Bonchev–Trinajstić information content (AvgIpc) is 3.25. The van der Waals surface area contributed by atoms with E-state index in [0.717, 1.165) is 23.0 Å². The summed E-state index contributed by atoms with van der Waals surface area (Å²) in [5, 5.41) is 14.6. The molecule has 3 aromatic rings. The monoisotopic (exact) mass is 380 g/mol. The number of hydrogen-bond donors (Lipinski definition) is 4. The van der Waals surface area contributed by atoms with E-state index in [4.69, 9.17) is 0 Å². The predicted molar refractivity (Wildman–Crippen MR) is 107 cm³/mol. The van der Waals surface area contributed by atoms with Crippen molar-refractivity contribution in [3.63, 3.8) is 0 Å². The SMILES string of the molecule is CCC1C(=O)NC(n2nc(C)cc2NC(=O)c2c[nH]c3ccccc23)NC1C. The second-order valence-corrected chi connectivity index (χ2v) is 7.20. The molecule has 8 heteroatoms. The molecule has 28 heavy (non-hydrogen) atoms. The molecule has 0 aliphatic carbocycles. The van der Waals surface area contributed by atoms with Gasteiger partial charge >= 0.3 is 0 Å². The second kappa shape index (κ2) is 7.12. The number of rotatable bonds is 4. The van der Waals surface area contributed by atoms with Crippen LogP contribution < -0.4 is 16.0 Å². The van der Waals surface area contributed by atoms with Gasteiger partial charge in [-0.2, -0.15) is 5.10 Å². The normalized spacial score (nSPS) is 22.2. The smallest absolute Gasteiger partial charge is 0.258 e. The maximum atomic E-state index is 12.9. The van der Waals surface area contributed by atoms with E-state index in [1.807, 2.05) is 45.0 Å². The number of carbonyl (C=O) groups excluding carboxylic acids is 2. The van der Waals surface area contributed by atoms with Crippen molar-refractivity contribution in [2.75, 3.05) is 5.32 Å². The molecule has 1 aromatic carbocycles. The fraction of sp³-hybridized carbons (Fsp3) is 0.350. The van der Waals surface area contributed by atoms with Gasteiger partial charge in [-0.25, -0.2) is 4.68 Å². The Bertz CT molecular complexity index is 1040. The topological polar surface area (TPSA) is 104 Å². The fourth-order valence-corrected chi connectivity index (χ4v) is 3.80. The average molecular weight is 380 g/mol. The van der Waals surface area contributed by atoms with Crippen molar-refractivity contribution in [1.29, 1.82) is 0 Å². The molecule has 8 nitrogen and oxygen atoms in total. The van der Waals surface area contributed by atoms with Crippen LogP contribution in [0.1, 0.15) is 42.6 Å². The van der Waals surface area contributed by atoms with Crippen molar-refractivity contribution >= 4 is 28.5 Å². The summed E-state index contributed by atoms with van der Waals surface area (Å²) in [6, 6.07) is 9.43. The van der Waals surface area contributed by atoms with Gasteiger partial charge in [-0.15, -0.1) is 0 Å². The van der Waals surface area contributed by atoms with Gasteiger partial charge < -0.3 is 15.6 Å². The molecule has 0 radical (unpaired) electrons. The number of aromatic nitrogens is 3. The number of fused-ring (bicyclic) bond motifs is 1. The predicted octanol–water partition coefficient (Wildman–Crippen LogP) is 2.52. The van der Waals surface area contributed by atoms with E-state index in [0.29, 0.717) is 11.4 Å². The third-order valence-corrected chi connectivity index (χ3v) is 5.26. The summed E-state index contributed by atoms with van der Waals surface area (Å²) >= 11 is 0. The van der Waals surface area contributed by atoms with E-state index in [-0.39, 0.29) is 23.8 Å². The third-order valence-electron chi connectivity index (χ3n) is 5.26. The molecule has 2 aromatic heterocycles. The van der Waals surface area contributed by atoms with Crippen molar-refractivity contribution in [3.05, 3.63) is 47.8 Å². The number of anilines is 1. The number of nitrogens with zero attached hydrogens (tertiary/aromatic N) is 2. The first-order valence-corrected chi connectivity index (χ1v) is 9.48. The molecule has 146 valence electrons. The van der Waals surface area contributed by atoms with Crippen LogP contribution in [0.25, 0.3) is 10.9 Å². The summed E-state index contributed by atoms with van der Waals surface area (Å²) in [4.78, 5) is 28.4. The number of hydrogen-bond acceptors (Lipinski definition) is 4. The first kappa shape index (κ1) is 18.2. The molecular weight excluding hydrogens is 356 g/mol. The molecule has 4 rings (SSSR count). The van der Waals surface area contributed by atoms with E-state index in [9.17, 15) is 9.59 Å². The van der Waals surface area contributed by atoms with E-state index in [1.165, 1.54) is 0 Å². The van der Waals surface area contributed by atoms with Crippen LogP contribution in [0, 0.1) is 12.8 Å². The minimum Gasteiger partial charge on any atom is -0.360 e. The first-order chi connectivity index (χ1) is 13.5. The maximum absolute atomic E-state index is 12.9. The number of aryl methyl sites for hydroxylation is 1. The van der Waals surface area contributed by atoms with Gasteiger partial charge in [0, 0.05) is 29.2 Å². The Morgan fingerprint density at radius 2 is 2.11 bits per heavy atom. The Hall–Kier alpha value is -3.13. The summed E-state index contributed by atoms with van der Waals surface area (Å²) < 4.78 is 1.61. The van der Waals surface area contributed by atoms with Crippen LogP contribution in [0.15, 0.2) is 36.5 Å². The van der Waals surface area contributed by atoms with Crippen LogP contribution >= 0.6 is 0 Å². The first-order valence-electron chi connectivity index (χ1n) is 9.48. The molecule has 3 heterocycles. The standard InChI is InChI=1S/C20H24N6O2/c1-4-13-12(3)22-20(24-18(13)27)26-17(9-11(2)25-26)23-19(28)15-10-21-16-8-6-5-7-14(15)16/h5-10,12-13,20-22H,4H2,1-3H3,(H,23,28)(H,24,27). The minimum atomic E-state index is -0.516. The lowest BCUT2D eigenvalue weighted by Crippen LogP contribution is -2.57. The summed E-state index contributed by atoms with van der Waals surface area (Å²) in [5.41, 5.74) is 2.20. The summed E-state index contributed by atoms with van der Waals surface area (Å²) in [6.07, 6.45) is 1.94. The van der Waals surface area contributed by atoms with E-state index in [1.54, 1.807) is 16.9 Å². The Kier molecular flexibility index (Phi) is 4.64. The highest BCUT2D eigenvalue weighted by Gasteiger charge is 2.34. The lowest BCUT2D eigenvalue weighted by molar-refractivity contribution is -0.130. The fourth-order valence-electron chi connectivity index (χ4n) is 3.80. The highest BCUT2D eigenvalue weighted by Crippen LogP contribution is 2.23. The Labute approximate surface area is 162 Å². The lowest BCUT2D eigenvalue weighted by atomic mass is 9.95. The molecule has 2 amide bonds. The van der Waals surface area contributed by atoms with Gasteiger partial charge in [-0.3, -0.25) is 14.9 Å². The molecule has 3 unspecified atom stereocenters. The maximum Gasteiger partial charge on any atom is 0.258 e. The van der Waals surface area contributed by atoms with E-state index < -0.39 is 6.29 Å². The quantitative estimate of drug-likeness (QED) is 0.558. The van der Waals surface area contributed by atoms with Crippen LogP contribution in [-0.4, -0.2) is 32.6 Å². The molecule has 1 saturated heterocycles. The van der Waals surface area contributed by atoms with Crippen molar-refractivity contribution in [2.45, 2.75) is 39.5 Å². The molecule has 3 atom stereocenters. The Balaban J connectivity index is 1.60. The van der Waals surface area contributed by atoms with Crippen LogP contribution in [0.2, 0.25) is 0 Å². The number of amides is 2. The molecule has 0 saturated carbocycles. The van der Waals surface area contributed by atoms with Crippen molar-refractivity contribution in [2.24, 2.45) is 5.92 Å². The number of H-pyrrole nitrogens is 1. The van der Waals surface area contributed by atoms with Crippen molar-refractivity contribution in [3.8, 4) is 0 Å². The van der Waals surface area contributed by atoms with E-state index >= 15 is 0 Å². The molecule has 1 aliphatic heterocycles. The van der Waals surface area contributed by atoms with Crippen molar-refractivity contribution < 1.29 is 9.59 Å². The summed E-state index contributed by atoms with van der Waals surface area (Å²) in [6.45, 7) is 5.83. The zero-order valence-electron chi connectivity index (χ0n) is 16.1. The highest BCUT2D eigenvalue weighted by atomic mass is 16.2. The van der Waals surface area contributed by atoms with Crippen LogP contribution in [-0.2, 0) is 4.79 Å². The zero-order valence-corrected chi connectivity index (χ0v) is 16.1. The van der Waals surface area contributed by atoms with Gasteiger partial charge in [0.15, 0.2) is 6.29 Å². The van der Waals surface area contributed by atoms with Gasteiger partial charge in [0.25, 0.3) is 5.91 Å². The number of aromatic amines is 1. The van der Waals surface area contributed by atoms with Crippen LogP contribution in [0.4, 0.5) is 5.82 Å². The zero-order chi connectivity index (χ0) is 19.8. The number of para-hydroxylation sites is 1. The van der Waals surface area contributed by atoms with Crippen LogP contribution in [0.5, 0.6) is 0 Å². The molecule has 0 spiro atoms. The van der Waals surface area contributed by atoms with Gasteiger partial charge in [-0.05, 0) is 26.3 Å². The highest BCUT2D eigenvalue weighted by molar-refractivity contribution is 6.12. The second-order valence-electron chi connectivity index (χ2n) is 7.20. The van der Waals surface area contributed by atoms with Crippen LogP contribution in [0.3, 0.4) is 0 Å².